The van der Waals surface area contributed by atoms with Gasteiger partial charge in [-0.25, -0.2) is 10.4 Å². The molecule has 1 rings (SSSR count). The first-order valence-electron chi connectivity index (χ1n) is 4.52. The lowest BCUT2D eigenvalue weighted by Crippen LogP contribution is -2.24. The van der Waals surface area contributed by atoms with Crippen LogP contribution in [-0.4, -0.2) is 21.9 Å². The Morgan fingerprint density at radius 3 is 2.24 bits per heavy atom. The largest absolute Gasteiger partial charge is 0.369 e. The second-order valence-corrected chi connectivity index (χ2v) is 3.02. The number of hydrogen-bond acceptors (Lipinski definition) is 6. The normalized spacial score (nSPS) is 9.24. The summed E-state index contributed by atoms with van der Waals surface area (Å²) < 4.78 is 0. The van der Waals surface area contributed by atoms with E-state index < -0.39 is 0 Å². The van der Waals surface area contributed by atoms with Gasteiger partial charge >= 0.3 is 0 Å². The van der Waals surface area contributed by atoms with Crippen LogP contribution in [0.1, 0.15) is 5.69 Å². The number of aromatic nitrogens is 2. The van der Waals surface area contributed by atoms with Gasteiger partial charge in [-0.3, -0.25) is 5.43 Å². The van der Waals surface area contributed by atoms with Crippen molar-refractivity contribution in [1.29, 1.82) is 0 Å². The van der Waals surface area contributed by atoms with Crippen LogP contribution < -0.4 is 33.8 Å². The minimum absolute atomic E-state index is 0.111. The Hall–Kier alpha value is -2.78. The SMILES string of the molecule is Cc1cc(NN=C(N)N)nc(NN=C(N)N)n1. The Bertz CT molecular complexity index is 404. The highest BCUT2D eigenvalue weighted by Crippen LogP contribution is 2.09. The highest BCUT2D eigenvalue weighted by Gasteiger charge is 2.00. The molecule has 0 spiro atoms. The van der Waals surface area contributed by atoms with Gasteiger partial charge in [0.05, 0.1) is 0 Å². The van der Waals surface area contributed by atoms with E-state index in [9.17, 15) is 0 Å². The Kier molecular flexibility index (Phi) is 3.86. The monoisotopic (exact) mass is 238 g/mol. The lowest BCUT2D eigenvalue weighted by Gasteiger charge is -2.04. The summed E-state index contributed by atoms with van der Waals surface area (Å²) in [5.41, 5.74) is 26.3. The van der Waals surface area contributed by atoms with E-state index in [1.54, 1.807) is 13.0 Å². The van der Waals surface area contributed by atoms with Crippen molar-refractivity contribution in [2.24, 2.45) is 33.1 Å². The van der Waals surface area contributed by atoms with Gasteiger partial charge in [-0.15, -0.1) is 10.2 Å². The molecule has 10 nitrogen and oxygen atoms in total. The molecule has 0 radical (unpaired) electrons. The predicted molar refractivity (Wildman–Crippen MR) is 65.6 cm³/mol. The molecule has 0 fully saturated rings. The molecule has 0 aliphatic carbocycles. The van der Waals surface area contributed by atoms with Gasteiger partial charge in [0.15, 0.2) is 5.82 Å². The molecular weight excluding hydrogens is 224 g/mol. The van der Waals surface area contributed by atoms with Gasteiger partial charge in [0, 0.05) is 11.8 Å². The van der Waals surface area contributed by atoms with Crippen molar-refractivity contribution >= 4 is 23.7 Å². The number of nitrogens with one attached hydrogen (secondary N) is 2. The number of rotatable bonds is 4. The third-order valence-corrected chi connectivity index (χ3v) is 1.44. The molecule has 17 heavy (non-hydrogen) atoms. The molecular formula is C7H14N10. The van der Waals surface area contributed by atoms with Crippen molar-refractivity contribution in [2.75, 3.05) is 10.9 Å². The fourth-order valence-corrected chi connectivity index (χ4v) is 0.912. The minimum atomic E-state index is -0.131. The maximum Gasteiger partial charge on any atom is 0.245 e. The van der Waals surface area contributed by atoms with Crippen LogP contribution in [0.4, 0.5) is 11.8 Å². The molecule has 1 aromatic heterocycles. The molecule has 0 amide bonds. The topological polar surface area (TPSA) is 179 Å². The molecule has 1 aromatic rings. The maximum atomic E-state index is 5.17. The van der Waals surface area contributed by atoms with Crippen LogP contribution in [0.5, 0.6) is 0 Å². The molecule has 92 valence electrons. The smallest absolute Gasteiger partial charge is 0.245 e. The first-order chi connectivity index (χ1) is 7.97. The number of hydrazone groups is 2. The van der Waals surface area contributed by atoms with Gasteiger partial charge < -0.3 is 22.9 Å². The zero-order chi connectivity index (χ0) is 12.8. The van der Waals surface area contributed by atoms with Gasteiger partial charge in [-0.2, -0.15) is 4.98 Å². The third kappa shape index (κ3) is 4.51. The quantitative estimate of drug-likeness (QED) is 0.197. The number of hydrogen-bond donors (Lipinski definition) is 6. The molecule has 0 atom stereocenters. The van der Waals surface area contributed by atoms with Crippen LogP contribution in [0, 0.1) is 6.92 Å². The molecule has 0 bridgehead atoms. The molecule has 0 aromatic carbocycles. The molecule has 10 N–H and O–H groups in total. The van der Waals surface area contributed by atoms with Gasteiger partial charge in [-0.1, -0.05) is 0 Å². The van der Waals surface area contributed by atoms with E-state index in [4.69, 9.17) is 22.9 Å². The van der Waals surface area contributed by atoms with Gasteiger partial charge in [0.25, 0.3) is 0 Å². The minimum Gasteiger partial charge on any atom is -0.369 e. The van der Waals surface area contributed by atoms with Gasteiger partial charge in [-0.05, 0) is 6.92 Å². The first kappa shape index (κ1) is 12.3. The summed E-state index contributed by atoms with van der Waals surface area (Å²) in [5.74, 6) is 0.375. The lowest BCUT2D eigenvalue weighted by atomic mass is 10.4. The van der Waals surface area contributed by atoms with E-state index in [0.29, 0.717) is 11.5 Å². The summed E-state index contributed by atoms with van der Waals surface area (Å²) in [7, 11) is 0. The Labute approximate surface area is 97.2 Å². The molecule has 0 unspecified atom stereocenters. The van der Waals surface area contributed by atoms with Crippen molar-refractivity contribution < 1.29 is 0 Å². The molecule has 0 aliphatic heterocycles. The van der Waals surface area contributed by atoms with Crippen LogP contribution in [0.2, 0.25) is 0 Å². The predicted octanol–water partition coefficient (Wildman–Crippen LogP) is -2.01. The third-order valence-electron chi connectivity index (χ3n) is 1.44. The van der Waals surface area contributed by atoms with E-state index in [1.807, 2.05) is 0 Å². The molecule has 1 heterocycles. The fraction of sp³-hybridized carbons (Fsp3) is 0.143. The average molecular weight is 238 g/mol. The van der Waals surface area contributed by atoms with Crippen molar-refractivity contribution in [3.05, 3.63) is 11.8 Å². The maximum absolute atomic E-state index is 5.17. The number of nitrogens with zero attached hydrogens (tertiary/aromatic N) is 4. The fourth-order valence-electron chi connectivity index (χ4n) is 0.912. The zero-order valence-corrected chi connectivity index (χ0v) is 9.18. The van der Waals surface area contributed by atoms with Gasteiger partial charge in [0.1, 0.15) is 0 Å². The van der Waals surface area contributed by atoms with E-state index in [0.717, 1.165) is 0 Å². The van der Waals surface area contributed by atoms with Gasteiger partial charge in [0.2, 0.25) is 17.9 Å². The van der Waals surface area contributed by atoms with E-state index >= 15 is 0 Å². The van der Waals surface area contributed by atoms with E-state index in [2.05, 4.69) is 31.0 Å². The van der Waals surface area contributed by atoms with Crippen LogP contribution in [0.25, 0.3) is 0 Å². The molecule has 10 heteroatoms. The number of guanidine groups is 2. The van der Waals surface area contributed by atoms with Crippen LogP contribution >= 0.6 is 0 Å². The number of anilines is 2. The molecule has 0 saturated heterocycles. The summed E-state index contributed by atoms with van der Waals surface area (Å²) in [6, 6.07) is 1.65. The highest BCUT2D eigenvalue weighted by atomic mass is 15.4. The summed E-state index contributed by atoms with van der Waals surface area (Å²) in [4.78, 5) is 8.05. The second kappa shape index (κ2) is 5.34. The Morgan fingerprint density at radius 1 is 1.06 bits per heavy atom. The second-order valence-electron chi connectivity index (χ2n) is 3.02. The van der Waals surface area contributed by atoms with E-state index in [-0.39, 0.29) is 17.9 Å². The lowest BCUT2D eigenvalue weighted by molar-refractivity contribution is 1.06. The Morgan fingerprint density at radius 2 is 1.65 bits per heavy atom. The zero-order valence-electron chi connectivity index (χ0n) is 9.18. The van der Waals surface area contributed by atoms with Crippen LogP contribution in [0.3, 0.4) is 0 Å². The number of nitrogens with two attached hydrogens (primary N) is 4. The summed E-state index contributed by atoms with van der Waals surface area (Å²) in [6.45, 7) is 1.77. The molecule has 0 aliphatic rings. The number of aryl methyl sites for hydroxylation is 1. The van der Waals surface area contributed by atoms with Crippen LogP contribution in [-0.2, 0) is 0 Å². The summed E-state index contributed by atoms with van der Waals surface area (Å²) in [5, 5.41) is 7.15. The van der Waals surface area contributed by atoms with E-state index in [1.165, 1.54) is 0 Å². The Balaban J connectivity index is 2.86. The van der Waals surface area contributed by atoms with Crippen molar-refractivity contribution in [3.8, 4) is 0 Å². The highest BCUT2D eigenvalue weighted by molar-refractivity contribution is 5.77. The summed E-state index contributed by atoms with van der Waals surface area (Å²) in [6.07, 6.45) is 0. The first-order valence-corrected chi connectivity index (χ1v) is 4.52. The van der Waals surface area contributed by atoms with Crippen molar-refractivity contribution in [1.82, 2.24) is 9.97 Å². The summed E-state index contributed by atoms with van der Waals surface area (Å²) >= 11 is 0. The standard InChI is InChI=1S/C7H14N10/c1-3-2-4(14-15-5(8)9)13-7(12-3)17-16-6(10)11/h2H,1H3,(H4,8,9,15)(H4,10,11,16)(H2,12,13,14,17). The molecule has 0 saturated carbocycles. The van der Waals surface area contributed by atoms with Crippen molar-refractivity contribution in [2.45, 2.75) is 6.92 Å². The van der Waals surface area contributed by atoms with Crippen molar-refractivity contribution in [3.63, 3.8) is 0 Å². The average Bonchev–Trinajstić information content (AvgIpc) is 2.23. The van der Waals surface area contributed by atoms with Crippen LogP contribution in [0.15, 0.2) is 16.3 Å².